The molecule has 198 valence electrons. The lowest BCUT2D eigenvalue weighted by Gasteiger charge is -2.36. The van der Waals surface area contributed by atoms with Gasteiger partial charge in [0.25, 0.3) is 11.8 Å². The Hall–Kier alpha value is -4.27. The van der Waals surface area contributed by atoms with Crippen LogP contribution < -0.4 is 10.2 Å². The lowest BCUT2D eigenvalue weighted by atomic mass is 10.1. The van der Waals surface area contributed by atoms with Gasteiger partial charge in [-0.1, -0.05) is 31.2 Å². The maximum atomic E-state index is 14.1. The zero-order valence-electron chi connectivity index (χ0n) is 21.2. The number of hydrogen-bond donors (Lipinski definition) is 1. The third-order valence-corrected chi connectivity index (χ3v) is 6.41. The number of piperazine rings is 1. The highest BCUT2D eigenvalue weighted by atomic mass is 19.1. The Kier molecular flexibility index (Phi) is 8.68. The van der Waals surface area contributed by atoms with Gasteiger partial charge in [-0.25, -0.2) is 8.78 Å². The summed E-state index contributed by atoms with van der Waals surface area (Å²) in [4.78, 5) is 43.2. The van der Waals surface area contributed by atoms with Crippen molar-refractivity contribution in [3.63, 3.8) is 0 Å². The summed E-state index contributed by atoms with van der Waals surface area (Å²) in [7, 11) is 0. The van der Waals surface area contributed by atoms with Crippen molar-refractivity contribution in [3.05, 3.63) is 95.6 Å². The van der Waals surface area contributed by atoms with E-state index in [1.807, 2.05) is 19.1 Å². The van der Waals surface area contributed by atoms with Gasteiger partial charge in [0.2, 0.25) is 5.91 Å². The van der Waals surface area contributed by atoms with Crippen LogP contribution in [0.15, 0.2) is 72.8 Å². The SMILES string of the molecule is CCCN(CC(=O)Nc1ccc(N2CCN(C(=O)c3ccccc3F)CC2)cc1)C(=O)c1ccccc1F. The molecule has 0 saturated carbocycles. The summed E-state index contributed by atoms with van der Waals surface area (Å²) >= 11 is 0. The topological polar surface area (TPSA) is 73.0 Å². The second-order valence-corrected chi connectivity index (χ2v) is 9.06. The zero-order valence-corrected chi connectivity index (χ0v) is 21.2. The molecule has 38 heavy (non-hydrogen) atoms. The van der Waals surface area contributed by atoms with E-state index in [2.05, 4.69) is 10.2 Å². The van der Waals surface area contributed by atoms with Crippen molar-refractivity contribution >= 4 is 29.1 Å². The molecule has 3 aromatic carbocycles. The monoisotopic (exact) mass is 520 g/mol. The van der Waals surface area contributed by atoms with Crippen LogP contribution in [0.5, 0.6) is 0 Å². The minimum Gasteiger partial charge on any atom is -0.368 e. The Balaban J connectivity index is 1.31. The Morgan fingerprint density at radius 3 is 1.97 bits per heavy atom. The van der Waals surface area contributed by atoms with Gasteiger partial charge in [0.1, 0.15) is 18.2 Å². The van der Waals surface area contributed by atoms with Gasteiger partial charge in [0, 0.05) is 44.1 Å². The summed E-state index contributed by atoms with van der Waals surface area (Å²) in [6, 6.07) is 19.0. The maximum absolute atomic E-state index is 14.1. The van der Waals surface area contributed by atoms with E-state index in [-0.39, 0.29) is 29.5 Å². The first kappa shape index (κ1) is 26.8. The molecule has 0 aliphatic carbocycles. The lowest BCUT2D eigenvalue weighted by molar-refractivity contribution is -0.116. The van der Waals surface area contributed by atoms with Gasteiger partial charge in [-0.3, -0.25) is 14.4 Å². The first-order valence-electron chi connectivity index (χ1n) is 12.6. The van der Waals surface area contributed by atoms with Crippen molar-refractivity contribution in [3.8, 4) is 0 Å². The van der Waals surface area contributed by atoms with Crippen LogP contribution in [-0.4, -0.2) is 66.8 Å². The summed E-state index contributed by atoms with van der Waals surface area (Å²) in [6.07, 6.45) is 0.626. The molecule has 0 atom stereocenters. The smallest absolute Gasteiger partial charge is 0.257 e. The minimum atomic E-state index is -0.618. The molecule has 1 heterocycles. The van der Waals surface area contributed by atoms with Crippen molar-refractivity contribution in [1.82, 2.24) is 9.80 Å². The molecule has 1 N–H and O–H groups in total. The predicted molar refractivity (Wildman–Crippen MR) is 142 cm³/mol. The van der Waals surface area contributed by atoms with E-state index in [1.54, 1.807) is 35.2 Å². The van der Waals surface area contributed by atoms with Crippen LogP contribution >= 0.6 is 0 Å². The van der Waals surface area contributed by atoms with Gasteiger partial charge >= 0.3 is 0 Å². The number of anilines is 2. The highest BCUT2D eigenvalue weighted by Crippen LogP contribution is 2.21. The van der Waals surface area contributed by atoms with Crippen molar-refractivity contribution in [2.24, 2.45) is 0 Å². The zero-order chi connectivity index (χ0) is 27.1. The third kappa shape index (κ3) is 6.34. The summed E-state index contributed by atoms with van der Waals surface area (Å²) in [5, 5.41) is 2.79. The van der Waals surface area contributed by atoms with Crippen LogP contribution in [0.2, 0.25) is 0 Å². The molecule has 3 amide bonds. The molecule has 0 bridgehead atoms. The molecule has 1 fully saturated rings. The summed E-state index contributed by atoms with van der Waals surface area (Å²) < 4.78 is 28.1. The van der Waals surface area contributed by atoms with Gasteiger partial charge in [-0.2, -0.15) is 0 Å². The van der Waals surface area contributed by atoms with E-state index in [0.717, 1.165) is 5.69 Å². The van der Waals surface area contributed by atoms with Gasteiger partial charge in [-0.15, -0.1) is 0 Å². The Morgan fingerprint density at radius 2 is 1.39 bits per heavy atom. The van der Waals surface area contributed by atoms with E-state index < -0.39 is 17.5 Å². The number of amides is 3. The van der Waals surface area contributed by atoms with Gasteiger partial charge in [-0.05, 0) is 55.0 Å². The number of rotatable bonds is 8. The molecule has 0 radical (unpaired) electrons. The minimum absolute atomic E-state index is 0.0613. The molecule has 1 saturated heterocycles. The molecule has 3 aromatic rings. The molecule has 9 heteroatoms. The highest BCUT2D eigenvalue weighted by molar-refractivity contribution is 5.99. The van der Waals surface area contributed by atoms with Gasteiger partial charge < -0.3 is 20.0 Å². The maximum Gasteiger partial charge on any atom is 0.257 e. The second kappa shape index (κ2) is 12.3. The number of nitrogens with one attached hydrogen (secondary N) is 1. The Morgan fingerprint density at radius 1 is 0.816 bits per heavy atom. The predicted octanol–water partition coefficient (Wildman–Crippen LogP) is 4.42. The standard InChI is InChI=1S/C29H30F2N4O3/c1-2-15-35(29(38)24-8-4-6-10-26(24)31)20-27(36)32-21-11-13-22(14-12-21)33-16-18-34(19-17-33)28(37)23-7-3-5-9-25(23)30/h3-14H,2,15-20H2,1H3,(H,32,36). The molecular formula is C29H30F2N4O3. The highest BCUT2D eigenvalue weighted by Gasteiger charge is 2.24. The molecule has 7 nitrogen and oxygen atoms in total. The number of carbonyl (C=O) groups excluding carboxylic acids is 3. The van der Waals surface area contributed by atoms with E-state index in [4.69, 9.17) is 0 Å². The fourth-order valence-electron chi connectivity index (χ4n) is 4.43. The van der Waals surface area contributed by atoms with Crippen LogP contribution in [0.4, 0.5) is 20.2 Å². The molecular weight excluding hydrogens is 490 g/mol. The van der Waals surface area contributed by atoms with Crippen molar-refractivity contribution in [1.29, 1.82) is 0 Å². The van der Waals surface area contributed by atoms with Crippen LogP contribution in [0.25, 0.3) is 0 Å². The average Bonchev–Trinajstić information content (AvgIpc) is 2.93. The Labute approximate surface area is 220 Å². The van der Waals surface area contributed by atoms with E-state index in [1.165, 1.54) is 35.2 Å². The van der Waals surface area contributed by atoms with Crippen LogP contribution in [0.1, 0.15) is 34.1 Å². The van der Waals surface area contributed by atoms with E-state index in [9.17, 15) is 23.2 Å². The van der Waals surface area contributed by atoms with E-state index in [0.29, 0.717) is 44.8 Å². The lowest BCUT2D eigenvalue weighted by Crippen LogP contribution is -2.49. The number of carbonyl (C=O) groups is 3. The third-order valence-electron chi connectivity index (χ3n) is 6.41. The number of nitrogens with zero attached hydrogens (tertiary/aromatic N) is 3. The summed E-state index contributed by atoms with van der Waals surface area (Å²) in [5.74, 6) is -2.36. The number of benzene rings is 3. The van der Waals surface area contributed by atoms with Crippen molar-refractivity contribution in [2.45, 2.75) is 13.3 Å². The normalized spacial score (nSPS) is 13.2. The average molecular weight is 521 g/mol. The van der Waals surface area contributed by atoms with Gasteiger partial charge in [0.15, 0.2) is 0 Å². The molecule has 0 aromatic heterocycles. The van der Waals surface area contributed by atoms with Crippen LogP contribution in [0.3, 0.4) is 0 Å². The fraction of sp³-hybridized carbons (Fsp3) is 0.276. The largest absolute Gasteiger partial charge is 0.368 e. The molecule has 0 spiro atoms. The Bertz CT molecular complexity index is 1290. The first-order chi connectivity index (χ1) is 18.4. The quantitative estimate of drug-likeness (QED) is 0.478. The summed E-state index contributed by atoms with van der Waals surface area (Å²) in [6.45, 7) is 4.13. The van der Waals surface area contributed by atoms with Crippen LogP contribution in [0, 0.1) is 11.6 Å². The van der Waals surface area contributed by atoms with Gasteiger partial charge in [0.05, 0.1) is 11.1 Å². The molecule has 1 aliphatic rings. The first-order valence-corrected chi connectivity index (χ1v) is 12.6. The molecule has 0 unspecified atom stereocenters. The van der Waals surface area contributed by atoms with Crippen molar-refractivity contribution in [2.75, 3.05) is 49.5 Å². The van der Waals surface area contributed by atoms with Crippen molar-refractivity contribution < 1.29 is 23.2 Å². The number of halogens is 2. The van der Waals surface area contributed by atoms with E-state index >= 15 is 0 Å². The fourth-order valence-corrected chi connectivity index (χ4v) is 4.43. The molecule has 1 aliphatic heterocycles. The molecule has 4 rings (SSSR count). The number of hydrogen-bond acceptors (Lipinski definition) is 4. The second-order valence-electron chi connectivity index (χ2n) is 9.06. The van der Waals surface area contributed by atoms with Crippen LogP contribution in [-0.2, 0) is 4.79 Å². The summed E-state index contributed by atoms with van der Waals surface area (Å²) in [5.41, 5.74) is 1.52.